The lowest BCUT2D eigenvalue weighted by Crippen LogP contribution is -2.14. The van der Waals surface area contributed by atoms with E-state index in [4.69, 9.17) is 4.42 Å². The van der Waals surface area contributed by atoms with Crippen LogP contribution in [-0.4, -0.2) is 10.8 Å². The van der Waals surface area contributed by atoms with Gasteiger partial charge >= 0.3 is 6.18 Å². The lowest BCUT2D eigenvalue weighted by atomic mass is 10.1. The first kappa shape index (κ1) is 18.4. The highest BCUT2D eigenvalue weighted by molar-refractivity contribution is 6.07. The molecule has 140 valence electrons. The van der Waals surface area contributed by atoms with E-state index in [0.717, 1.165) is 11.6 Å². The fraction of sp³-hybridized carbons (Fsp3) is 0.167. The van der Waals surface area contributed by atoms with Crippen LogP contribution in [0.2, 0.25) is 0 Å². The Morgan fingerprint density at radius 3 is 2.48 bits per heavy atom. The zero-order chi connectivity index (χ0) is 19.9. The number of anilines is 1. The molecule has 9 heteroatoms. The van der Waals surface area contributed by atoms with Crippen LogP contribution in [0.25, 0.3) is 11.0 Å². The molecule has 6 nitrogen and oxygen atoms in total. The molecule has 2 aromatic carbocycles. The Bertz CT molecular complexity index is 1070. The molecule has 1 N–H and O–H groups in total. The first-order valence-electron chi connectivity index (χ1n) is 7.74. The van der Waals surface area contributed by atoms with Crippen molar-refractivity contribution in [3.05, 3.63) is 69.0 Å². The maximum atomic E-state index is 12.8. The Morgan fingerprint density at radius 2 is 1.85 bits per heavy atom. The predicted molar refractivity (Wildman–Crippen MR) is 91.7 cm³/mol. The van der Waals surface area contributed by atoms with Crippen molar-refractivity contribution in [1.29, 1.82) is 0 Å². The average molecular weight is 378 g/mol. The molecule has 0 aliphatic rings. The van der Waals surface area contributed by atoms with Gasteiger partial charge in [0.15, 0.2) is 5.76 Å². The summed E-state index contributed by atoms with van der Waals surface area (Å²) in [5.74, 6) is -0.853. The number of aryl methyl sites for hydroxylation is 2. The summed E-state index contributed by atoms with van der Waals surface area (Å²) in [6.07, 6.45) is -4.74. The highest BCUT2D eigenvalue weighted by Crippen LogP contribution is 2.35. The molecular formula is C18H13F3N2O4. The Hall–Kier alpha value is -3.36. The van der Waals surface area contributed by atoms with Crippen LogP contribution in [0.15, 0.2) is 40.8 Å². The number of nitro groups is 1. The van der Waals surface area contributed by atoms with Crippen molar-refractivity contribution in [2.24, 2.45) is 0 Å². The van der Waals surface area contributed by atoms with Gasteiger partial charge in [0, 0.05) is 17.0 Å². The molecule has 3 aromatic rings. The average Bonchev–Trinajstić information content (AvgIpc) is 2.90. The lowest BCUT2D eigenvalue weighted by Gasteiger charge is -2.09. The van der Waals surface area contributed by atoms with Crippen molar-refractivity contribution in [1.82, 2.24) is 0 Å². The number of halogens is 3. The molecule has 0 unspecified atom stereocenters. The molecule has 1 amide bonds. The molecule has 0 radical (unpaired) electrons. The van der Waals surface area contributed by atoms with E-state index < -0.39 is 28.3 Å². The number of benzene rings is 2. The van der Waals surface area contributed by atoms with Crippen molar-refractivity contribution in [3.8, 4) is 0 Å². The Kier molecular flexibility index (Phi) is 4.38. The molecule has 0 aliphatic carbocycles. The predicted octanol–water partition coefficient (Wildman–Crippen LogP) is 5.23. The van der Waals surface area contributed by atoms with Gasteiger partial charge in [-0.25, -0.2) is 0 Å². The van der Waals surface area contributed by atoms with Gasteiger partial charge in [-0.2, -0.15) is 13.2 Å². The number of hydrogen-bond donors (Lipinski definition) is 1. The Balaban J connectivity index is 1.99. The third-order valence-corrected chi connectivity index (χ3v) is 4.07. The highest BCUT2D eigenvalue weighted by Gasteiger charge is 2.33. The van der Waals surface area contributed by atoms with Crippen molar-refractivity contribution in [2.45, 2.75) is 20.0 Å². The molecule has 27 heavy (non-hydrogen) atoms. The topological polar surface area (TPSA) is 85.4 Å². The Morgan fingerprint density at radius 1 is 1.15 bits per heavy atom. The summed E-state index contributed by atoms with van der Waals surface area (Å²) in [5, 5.41) is 14.1. The number of nitrogens with zero attached hydrogens (tertiary/aromatic N) is 1. The lowest BCUT2D eigenvalue weighted by molar-refractivity contribution is -0.384. The zero-order valence-corrected chi connectivity index (χ0v) is 14.2. The van der Waals surface area contributed by atoms with E-state index in [1.165, 1.54) is 0 Å². The van der Waals surface area contributed by atoms with E-state index >= 15 is 0 Å². The number of rotatable bonds is 3. The molecule has 0 spiro atoms. The molecule has 3 rings (SSSR count). The van der Waals surface area contributed by atoms with Gasteiger partial charge in [0.2, 0.25) is 0 Å². The molecule has 1 aromatic heterocycles. The van der Waals surface area contributed by atoms with Crippen LogP contribution in [0.3, 0.4) is 0 Å². The maximum absolute atomic E-state index is 12.8. The fourth-order valence-corrected chi connectivity index (χ4v) is 2.70. The van der Waals surface area contributed by atoms with Gasteiger partial charge in [-0.3, -0.25) is 14.9 Å². The van der Waals surface area contributed by atoms with Gasteiger partial charge in [-0.05, 0) is 38.1 Å². The minimum absolute atomic E-state index is 0.0650. The van der Waals surface area contributed by atoms with Crippen molar-refractivity contribution < 1.29 is 27.3 Å². The number of nitrogens with one attached hydrogen (secondary N) is 1. The van der Waals surface area contributed by atoms with Gasteiger partial charge < -0.3 is 9.73 Å². The number of nitro benzene ring substituents is 1. The number of carbonyl (C=O) groups is 1. The molecule has 0 saturated heterocycles. The van der Waals surface area contributed by atoms with Crippen LogP contribution in [0.4, 0.5) is 24.5 Å². The molecule has 0 atom stereocenters. The van der Waals surface area contributed by atoms with E-state index in [9.17, 15) is 28.1 Å². The van der Waals surface area contributed by atoms with Crippen LogP contribution in [0, 0.1) is 24.0 Å². The van der Waals surface area contributed by atoms with Crippen LogP contribution in [-0.2, 0) is 6.18 Å². The normalized spacial score (nSPS) is 11.6. The van der Waals surface area contributed by atoms with E-state index in [1.807, 2.05) is 13.0 Å². The summed E-state index contributed by atoms with van der Waals surface area (Å²) < 4.78 is 43.8. The molecule has 0 bridgehead atoms. The monoisotopic (exact) mass is 378 g/mol. The number of amides is 1. The fourth-order valence-electron chi connectivity index (χ4n) is 2.70. The van der Waals surface area contributed by atoms with Gasteiger partial charge in [-0.1, -0.05) is 11.6 Å². The second-order valence-electron chi connectivity index (χ2n) is 6.00. The van der Waals surface area contributed by atoms with Gasteiger partial charge in [0.05, 0.1) is 10.5 Å². The first-order chi connectivity index (χ1) is 12.6. The summed E-state index contributed by atoms with van der Waals surface area (Å²) >= 11 is 0. The maximum Gasteiger partial charge on any atom is 0.416 e. The molecule has 1 heterocycles. The SMILES string of the molecule is Cc1ccc2oc(C(=O)Nc3ccc(C(F)(F)F)cc3[N+](=O)[O-])c(C)c2c1. The number of hydrogen-bond acceptors (Lipinski definition) is 4. The largest absolute Gasteiger partial charge is 0.451 e. The third-order valence-electron chi connectivity index (χ3n) is 4.07. The number of carbonyl (C=O) groups excluding carboxylic acids is 1. The number of fused-ring (bicyclic) bond motifs is 1. The van der Waals surface area contributed by atoms with E-state index in [1.54, 1.807) is 19.1 Å². The highest BCUT2D eigenvalue weighted by atomic mass is 19.4. The molecule has 0 saturated carbocycles. The van der Waals surface area contributed by atoms with Crippen molar-refractivity contribution in [3.63, 3.8) is 0 Å². The summed E-state index contributed by atoms with van der Waals surface area (Å²) in [7, 11) is 0. The minimum Gasteiger partial charge on any atom is -0.451 e. The van der Waals surface area contributed by atoms with Crippen molar-refractivity contribution >= 4 is 28.3 Å². The summed E-state index contributed by atoms with van der Waals surface area (Å²) in [4.78, 5) is 22.6. The van der Waals surface area contributed by atoms with Gasteiger partial charge in [0.25, 0.3) is 11.6 Å². The number of furan rings is 1. The molecular weight excluding hydrogens is 365 g/mol. The van der Waals surface area contributed by atoms with E-state index in [0.29, 0.717) is 28.7 Å². The summed E-state index contributed by atoms with van der Waals surface area (Å²) in [5.41, 5.74) is -0.443. The molecule has 0 aliphatic heterocycles. The summed E-state index contributed by atoms with van der Waals surface area (Å²) in [6.45, 7) is 3.53. The summed E-state index contributed by atoms with van der Waals surface area (Å²) in [6, 6.07) is 7.21. The second kappa shape index (κ2) is 6.42. The van der Waals surface area contributed by atoms with Crippen molar-refractivity contribution in [2.75, 3.05) is 5.32 Å². The smallest absolute Gasteiger partial charge is 0.416 e. The van der Waals surface area contributed by atoms with Gasteiger partial charge in [-0.15, -0.1) is 0 Å². The first-order valence-corrected chi connectivity index (χ1v) is 7.74. The minimum atomic E-state index is -4.74. The molecule has 0 fully saturated rings. The van der Waals surface area contributed by atoms with E-state index in [2.05, 4.69) is 5.32 Å². The van der Waals surface area contributed by atoms with E-state index in [-0.39, 0.29) is 11.4 Å². The number of alkyl halides is 3. The van der Waals surface area contributed by atoms with Crippen LogP contribution < -0.4 is 5.32 Å². The standard InChI is InChI=1S/C18H13F3N2O4/c1-9-3-6-15-12(7-9)10(2)16(27-15)17(24)22-13-5-4-11(18(19,20)21)8-14(13)23(25)26/h3-8H,1-2H3,(H,22,24). The van der Waals surface area contributed by atoms with Crippen LogP contribution in [0.1, 0.15) is 27.2 Å². The zero-order valence-electron chi connectivity index (χ0n) is 14.2. The second-order valence-corrected chi connectivity index (χ2v) is 6.00. The Labute approximate surface area is 150 Å². The van der Waals surface area contributed by atoms with Crippen LogP contribution in [0.5, 0.6) is 0 Å². The quantitative estimate of drug-likeness (QED) is 0.500. The van der Waals surface area contributed by atoms with Crippen LogP contribution >= 0.6 is 0 Å². The van der Waals surface area contributed by atoms with Gasteiger partial charge in [0.1, 0.15) is 11.3 Å². The third kappa shape index (κ3) is 3.48.